The topological polar surface area (TPSA) is 270 Å². The average Bonchev–Trinajstić information content (AvgIpc) is 2.75. The number of nitrogens with zero attached hydrogens (tertiary/aromatic N) is 2. The predicted molar refractivity (Wildman–Crippen MR) is 105 cm³/mol. The third kappa shape index (κ3) is 10.5. The molecule has 0 saturated carbocycles. The molecular weight excluding hydrogens is 470 g/mol. The molecule has 1 unspecified atom stereocenters. The number of aliphatic carboxylic acids is 1. The van der Waals surface area contributed by atoms with Gasteiger partial charge in [-0.1, -0.05) is 6.92 Å². The zero-order valence-corrected chi connectivity index (χ0v) is 18.2. The van der Waals surface area contributed by atoms with Gasteiger partial charge in [0, 0.05) is 13.5 Å². The van der Waals surface area contributed by atoms with E-state index in [2.05, 4.69) is 20.3 Å². The Kier molecular flexibility index (Phi) is 12.4. The van der Waals surface area contributed by atoms with Crippen LogP contribution in [-0.4, -0.2) is 82.3 Å². The van der Waals surface area contributed by atoms with Crippen molar-refractivity contribution in [3.63, 3.8) is 0 Å². The number of carbonyl (C=O) groups excluding carboxylic acids is 4. The molecule has 5 N–H and O–H groups in total. The fourth-order valence-corrected chi connectivity index (χ4v) is 2.23. The van der Waals surface area contributed by atoms with E-state index in [9.17, 15) is 49.3 Å². The number of hydrogen-bond acceptors (Lipinski definition) is 13. The molecule has 0 aliphatic carbocycles. The minimum absolute atomic E-state index is 0.00487. The highest BCUT2D eigenvalue weighted by Gasteiger charge is 2.42. The van der Waals surface area contributed by atoms with Gasteiger partial charge < -0.3 is 35.9 Å². The zero-order chi connectivity index (χ0) is 26.5. The van der Waals surface area contributed by atoms with Gasteiger partial charge in [-0.2, -0.15) is 0 Å². The summed E-state index contributed by atoms with van der Waals surface area (Å²) < 4.78 is 4.81. The fraction of sp³-hybridized carbons (Fsp3) is 0.688. The van der Waals surface area contributed by atoms with Gasteiger partial charge >= 0.3 is 11.9 Å². The SMILES string of the molecule is CCC(N)(C(=O)O)C(=O)N[C@@H](CCCNC(=O)C(C)=O)C(=O)OC[C@@H](CO[N+](=O)[O-])O[N+](=O)[O-]. The number of ketones is 1. The van der Waals surface area contributed by atoms with Crippen LogP contribution in [0, 0.1) is 20.2 Å². The molecule has 0 aliphatic heterocycles. The number of rotatable bonds is 17. The van der Waals surface area contributed by atoms with Crippen LogP contribution < -0.4 is 16.4 Å². The van der Waals surface area contributed by atoms with Crippen molar-refractivity contribution >= 4 is 29.5 Å². The monoisotopic (exact) mass is 495 g/mol. The molecule has 0 heterocycles. The highest BCUT2D eigenvalue weighted by Crippen LogP contribution is 2.10. The van der Waals surface area contributed by atoms with Gasteiger partial charge in [-0.05, 0) is 19.3 Å². The number of ether oxygens (including phenoxy) is 1. The second kappa shape index (κ2) is 14.1. The average molecular weight is 495 g/mol. The lowest BCUT2D eigenvalue weighted by Crippen LogP contribution is -2.61. The van der Waals surface area contributed by atoms with Crippen molar-refractivity contribution in [1.29, 1.82) is 0 Å². The van der Waals surface area contributed by atoms with Crippen LogP contribution in [0.2, 0.25) is 0 Å². The summed E-state index contributed by atoms with van der Waals surface area (Å²) in [7, 11) is 0. The number of carbonyl (C=O) groups is 5. The first-order valence-corrected chi connectivity index (χ1v) is 9.61. The van der Waals surface area contributed by atoms with Crippen molar-refractivity contribution in [2.45, 2.75) is 50.8 Å². The molecule has 0 radical (unpaired) electrons. The van der Waals surface area contributed by atoms with E-state index in [-0.39, 0.29) is 25.8 Å². The van der Waals surface area contributed by atoms with Gasteiger partial charge in [-0.15, -0.1) is 20.2 Å². The Morgan fingerprint density at radius 1 is 1.12 bits per heavy atom. The summed E-state index contributed by atoms with van der Waals surface area (Å²) in [6.45, 7) is 0.367. The smallest absolute Gasteiger partial charge is 0.333 e. The van der Waals surface area contributed by atoms with Crippen LogP contribution in [0.25, 0.3) is 0 Å². The van der Waals surface area contributed by atoms with E-state index >= 15 is 0 Å². The summed E-state index contributed by atoms with van der Waals surface area (Å²) in [5.41, 5.74) is 3.18. The molecule has 0 fully saturated rings. The number of nitrogens with two attached hydrogens (primary N) is 1. The molecule has 18 heteroatoms. The Morgan fingerprint density at radius 3 is 2.21 bits per heavy atom. The van der Waals surface area contributed by atoms with Crippen molar-refractivity contribution < 1.29 is 53.7 Å². The Labute approximate surface area is 191 Å². The van der Waals surface area contributed by atoms with E-state index in [1.165, 1.54) is 6.92 Å². The number of hydrogen-bond donors (Lipinski definition) is 4. The Morgan fingerprint density at radius 2 is 1.74 bits per heavy atom. The summed E-state index contributed by atoms with van der Waals surface area (Å²) in [6, 6.07) is -1.54. The van der Waals surface area contributed by atoms with Gasteiger partial charge in [0.05, 0.1) is 0 Å². The first-order chi connectivity index (χ1) is 15.7. The molecule has 3 atom stereocenters. The van der Waals surface area contributed by atoms with Crippen molar-refractivity contribution in [2.24, 2.45) is 5.73 Å². The van der Waals surface area contributed by atoms with Crippen LogP contribution in [0.1, 0.15) is 33.1 Å². The maximum Gasteiger partial charge on any atom is 0.333 e. The zero-order valence-electron chi connectivity index (χ0n) is 18.2. The molecule has 0 bridgehead atoms. The van der Waals surface area contributed by atoms with Crippen molar-refractivity contribution in [3.05, 3.63) is 20.2 Å². The quantitative estimate of drug-likeness (QED) is 0.0405. The largest absolute Gasteiger partial charge is 0.479 e. The predicted octanol–water partition coefficient (Wildman–Crippen LogP) is -2.52. The minimum Gasteiger partial charge on any atom is -0.479 e. The van der Waals surface area contributed by atoms with Gasteiger partial charge in [0.1, 0.15) is 19.3 Å². The molecule has 0 saturated heterocycles. The summed E-state index contributed by atoms with van der Waals surface area (Å²) in [5.74, 6) is -5.80. The third-order valence-electron chi connectivity index (χ3n) is 4.22. The number of esters is 1. The lowest BCUT2D eigenvalue weighted by molar-refractivity contribution is -0.790. The Hall–Kier alpha value is -4.09. The van der Waals surface area contributed by atoms with Crippen LogP contribution in [0.5, 0.6) is 0 Å². The minimum atomic E-state index is -2.39. The second-order valence-electron chi connectivity index (χ2n) is 6.71. The summed E-state index contributed by atoms with van der Waals surface area (Å²) in [4.78, 5) is 87.3. The standard InChI is InChI=1S/C16H25N5O13/c1-3-16(17,15(26)27)14(25)19-11(5-4-6-18-12(23)9(2)22)13(24)32-7-10(34-21(30)31)8-33-20(28)29/h10-11H,3-8,17H2,1-2H3,(H,18,23)(H,19,25)(H,26,27)/t10-,11-,16?/m0/s1. The Balaban J connectivity index is 5.33. The fourth-order valence-electron chi connectivity index (χ4n) is 2.23. The van der Waals surface area contributed by atoms with E-state index in [1.807, 2.05) is 0 Å². The lowest BCUT2D eigenvalue weighted by atomic mass is 9.96. The van der Waals surface area contributed by atoms with Gasteiger partial charge in [-0.25, -0.2) is 9.59 Å². The summed E-state index contributed by atoms with van der Waals surface area (Å²) in [6.07, 6.45) is -2.29. The molecular formula is C16H25N5O13. The number of carboxylic acid groups (broad SMARTS) is 1. The van der Waals surface area contributed by atoms with Crippen LogP contribution in [0.4, 0.5) is 0 Å². The van der Waals surface area contributed by atoms with Crippen LogP contribution in [0.15, 0.2) is 0 Å². The number of carboxylic acids is 1. The highest BCUT2D eigenvalue weighted by atomic mass is 17.0. The third-order valence-corrected chi connectivity index (χ3v) is 4.22. The van der Waals surface area contributed by atoms with Crippen LogP contribution in [0.3, 0.4) is 0 Å². The first-order valence-electron chi connectivity index (χ1n) is 9.61. The van der Waals surface area contributed by atoms with Gasteiger partial charge in [-0.3, -0.25) is 14.4 Å². The van der Waals surface area contributed by atoms with Gasteiger partial charge in [0.15, 0.2) is 11.6 Å². The van der Waals surface area contributed by atoms with E-state index in [0.29, 0.717) is 0 Å². The first kappa shape index (κ1) is 29.9. The second-order valence-corrected chi connectivity index (χ2v) is 6.71. The van der Waals surface area contributed by atoms with E-state index in [0.717, 1.165) is 6.92 Å². The molecule has 0 aromatic rings. The molecule has 34 heavy (non-hydrogen) atoms. The number of amides is 2. The van der Waals surface area contributed by atoms with E-state index < -0.39 is 70.6 Å². The lowest BCUT2D eigenvalue weighted by Gasteiger charge is -2.25. The van der Waals surface area contributed by atoms with Gasteiger partial charge in [0.2, 0.25) is 5.78 Å². The normalized spacial score (nSPS) is 13.9. The summed E-state index contributed by atoms with van der Waals surface area (Å²) >= 11 is 0. The molecule has 18 nitrogen and oxygen atoms in total. The van der Waals surface area contributed by atoms with Crippen LogP contribution >= 0.6 is 0 Å². The molecule has 0 aliphatic rings. The molecule has 192 valence electrons. The molecule has 2 amide bonds. The number of nitrogens with one attached hydrogen (secondary N) is 2. The maximum absolute atomic E-state index is 12.5. The van der Waals surface area contributed by atoms with Crippen molar-refractivity contribution in [2.75, 3.05) is 19.8 Å². The molecule has 0 spiro atoms. The van der Waals surface area contributed by atoms with Crippen molar-refractivity contribution in [1.82, 2.24) is 10.6 Å². The Bertz CT molecular complexity index is 804. The maximum atomic E-state index is 12.5. The van der Waals surface area contributed by atoms with Crippen molar-refractivity contribution in [3.8, 4) is 0 Å². The molecule has 0 rings (SSSR count). The van der Waals surface area contributed by atoms with Gasteiger partial charge in [0.25, 0.3) is 22.0 Å². The molecule has 0 aromatic carbocycles. The number of Topliss-reactive ketones (excluding diaryl/α,β-unsaturated/α-hetero) is 1. The van der Waals surface area contributed by atoms with E-state index in [4.69, 9.17) is 10.5 Å². The summed E-state index contributed by atoms with van der Waals surface area (Å²) in [5, 5.41) is 31.8. The highest BCUT2D eigenvalue weighted by molar-refractivity contribution is 6.35. The van der Waals surface area contributed by atoms with E-state index in [1.54, 1.807) is 0 Å². The molecule has 0 aromatic heterocycles. The van der Waals surface area contributed by atoms with Crippen LogP contribution in [-0.2, 0) is 38.4 Å².